The molecule has 9 rings (SSSR count). The Bertz CT molecular complexity index is 2610. The molecule has 70 heavy (non-hydrogen) atoms. The van der Waals surface area contributed by atoms with Crippen molar-refractivity contribution in [2.75, 3.05) is 53.0 Å². The number of phenols is 1. The van der Waals surface area contributed by atoms with Crippen LogP contribution in [0, 0.1) is 16.7 Å². The summed E-state index contributed by atoms with van der Waals surface area (Å²) >= 11 is 0. The Hall–Kier alpha value is -5.84. The first-order valence-corrected chi connectivity index (χ1v) is 25.4. The second kappa shape index (κ2) is 20.5. The van der Waals surface area contributed by atoms with Crippen LogP contribution in [0.5, 0.6) is 5.75 Å². The molecule has 4 aromatic rings. The van der Waals surface area contributed by atoms with E-state index in [1.807, 2.05) is 30.0 Å². The van der Waals surface area contributed by atoms with Crippen molar-refractivity contribution in [3.63, 3.8) is 0 Å². The molecule has 2 aromatic heterocycles. The first-order chi connectivity index (χ1) is 33.7. The quantitative estimate of drug-likeness (QED) is 0.0708. The highest BCUT2D eigenvalue weighted by Crippen LogP contribution is 2.45. The maximum Gasteiger partial charge on any atom is 0.293 e. The zero-order valence-electron chi connectivity index (χ0n) is 41.4. The zero-order valence-corrected chi connectivity index (χ0v) is 41.4. The van der Waals surface area contributed by atoms with Crippen LogP contribution in [0.3, 0.4) is 0 Å². The molecule has 4 aliphatic heterocycles. The van der Waals surface area contributed by atoms with Crippen LogP contribution >= 0.6 is 0 Å². The summed E-state index contributed by atoms with van der Waals surface area (Å²) in [6.45, 7) is 12.7. The summed E-state index contributed by atoms with van der Waals surface area (Å²) in [4.78, 5) is 77.0. The van der Waals surface area contributed by atoms with E-state index < -0.39 is 22.9 Å². The Morgan fingerprint density at radius 2 is 1.81 bits per heavy atom. The van der Waals surface area contributed by atoms with E-state index >= 15 is 0 Å². The van der Waals surface area contributed by atoms with Gasteiger partial charge < -0.3 is 39.6 Å². The van der Waals surface area contributed by atoms with Gasteiger partial charge in [0.25, 0.3) is 12.4 Å². The number of nitrogens with one attached hydrogen (secondary N) is 3. The van der Waals surface area contributed by atoms with E-state index in [2.05, 4.69) is 59.6 Å². The van der Waals surface area contributed by atoms with Crippen molar-refractivity contribution in [1.82, 2.24) is 40.4 Å². The lowest BCUT2D eigenvalue weighted by Crippen LogP contribution is -2.60. The van der Waals surface area contributed by atoms with Crippen LogP contribution in [0.1, 0.15) is 102 Å². The zero-order chi connectivity index (χ0) is 49.3. The molecule has 5 atom stereocenters. The maximum atomic E-state index is 15.0. The van der Waals surface area contributed by atoms with Gasteiger partial charge in [-0.2, -0.15) is 0 Å². The highest BCUT2D eigenvalue weighted by molar-refractivity contribution is 5.97. The van der Waals surface area contributed by atoms with Gasteiger partial charge >= 0.3 is 0 Å². The minimum absolute atomic E-state index is 0.0207. The van der Waals surface area contributed by atoms with E-state index in [0.717, 1.165) is 83.1 Å². The Kier molecular flexibility index (Phi) is 14.4. The molecule has 0 radical (unpaired) electrons. The number of ether oxygens (including phenoxy) is 2. The van der Waals surface area contributed by atoms with Crippen LogP contribution < -0.4 is 16.1 Å². The molecule has 1 aliphatic carbocycles. The second-order valence-electron chi connectivity index (χ2n) is 21.1. The molecule has 374 valence electrons. The number of phenolic OH excluding ortho intramolecular Hbond substituents is 1. The lowest BCUT2D eigenvalue weighted by Gasteiger charge is -2.35. The van der Waals surface area contributed by atoms with Gasteiger partial charge in [-0.1, -0.05) is 38.8 Å². The Labute approximate surface area is 410 Å². The number of hydrogen-bond acceptors (Lipinski definition) is 11. The Morgan fingerprint density at radius 3 is 2.53 bits per heavy atom. The minimum Gasteiger partial charge on any atom is -0.508 e. The number of aryl methyl sites for hydroxylation is 1. The number of nitrogens with zero attached hydrogens (tertiary/aromatic N) is 5. The molecule has 4 N–H and O–H groups in total. The molecule has 0 bridgehead atoms. The summed E-state index contributed by atoms with van der Waals surface area (Å²) in [5, 5.41) is 20.3. The number of aromatic nitrogens is 2. The van der Waals surface area contributed by atoms with Gasteiger partial charge in [-0.3, -0.25) is 34.0 Å². The number of methoxy groups -OCH3 is 1. The predicted octanol–water partition coefficient (Wildman–Crippen LogP) is 5.68. The van der Waals surface area contributed by atoms with Gasteiger partial charge in [0.15, 0.2) is 0 Å². The highest BCUT2D eigenvalue weighted by Gasteiger charge is 2.56. The highest BCUT2D eigenvalue weighted by atomic mass is 16.5. The van der Waals surface area contributed by atoms with E-state index in [9.17, 15) is 29.1 Å². The van der Waals surface area contributed by atoms with Gasteiger partial charge in [0.05, 0.1) is 35.6 Å². The lowest BCUT2D eigenvalue weighted by atomic mass is 9.84. The van der Waals surface area contributed by atoms with Gasteiger partial charge in [0.1, 0.15) is 17.8 Å². The number of fused-ring (bicyclic) bond motifs is 1. The van der Waals surface area contributed by atoms with E-state index in [4.69, 9.17) is 14.5 Å². The van der Waals surface area contributed by atoms with Crippen molar-refractivity contribution in [2.24, 2.45) is 16.7 Å². The molecular weight excluding hydrogens is 889 g/mol. The molecule has 5 fully saturated rings. The third-order valence-corrected chi connectivity index (χ3v) is 15.6. The van der Waals surface area contributed by atoms with E-state index in [0.29, 0.717) is 77.1 Å². The molecular formula is C54H70N8O8. The number of pyridine rings is 1. The normalized spacial score (nSPS) is 21.9. The van der Waals surface area contributed by atoms with E-state index in [-0.39, 0.29) is 60.5 Å². The largest absolute Gasteiger partial charge is 0.508 e. The molecule has 16 nitrogen and oxygen atoms in total. The standard InChI is InChI=1S/C54H70N8O8/c1-6-60-45-16-15-37(28-41(45)42(29-53(3,4)32-70-33-63)48(60)40-14-11-19-55-46(40)34(2)69-5)38-24-35(25-39(64)27-38)26-43(51(67)62-21-10-9-20-57-62)58-49(65)47(36-12-7-8-13-36)61-23-18-54(52(61)68)17-22-59(31-54)50(66)44-30-56-44/h11,14-16,19,24-25,27-28,33-34,36,43-44,47,56-57,64H,6-10,12-13,17-18,20-23,26,29-32H2,1-5H3,(H,58,65)/t34-,43-,44+,47-,54-/m0/s1. The fourth-order valence-corrected chi connectivity index (χ4v) is 11.9. The summed E-state index contributed by atoms with van der Waals surface area (Å²) in [5.41, 5.74) is 9.18. The second-order valence-corrected chi connectivity index (χ2v) is 21.1. The average molecular weight is 959 g/mol. The molecule has 1 saturated carbocycles. The van der Waals surface area contributed by atoms with Crippen molar-refractivity contribution >= 4 is 41.0 Å². The third-order valence-electron chi connectivity index (χ3n) is 15.6. The summed E-state index contributed by atoms with van der Waals surface area (Å²) in [5.74, 6) is -0.670. The molecule has 4 amide bonds. The fraction of sp³-hybridized carbons (Fsp3) is 0.556. The van der Waals surface area contributed by atoms with Crippen molar-refractivity contribution < 1.29 is 38.6 Å². The van der Waals surface area contributed by atoms with E-state index in [1.54, 1.807) is 35.3 Å². The SMILES string of the molecule is CCn1c(-c2cccnc2[C@H](C)OC)c(CC(C)(C)COC=O)c2cc(-c3cc(O)cc(C[C@H](NC(=O)[C@H](C4CCCC4)N4CC[C@]5(CCN(C(=O)[C@H]6CN6)C5)C4=O)C(=O)N4CCCCN4)c3)ccc21. The smallest absolute Gasteiger partial charge is 0.293 e. The number of hydrazine groups is 1. The van der Waals surface area contributed by atoms with Crippen LogP contribution in [-0.4, -0.2) is 131 Å². The van der Waals surface area contributed by atoms with Gasteiger partial charge in [0.2, 0.25) is 17.7 Å². The summed E-state index contributed by atoms with van der Waals surface area (Å²) < 4.78 is 13.4. The number of amides is 4. The Morgan fingerprint density at radius 1 is 1.03 bits per heavy atom. The number of carbonyl (C=O) groups excluding carboxylic acids is 5. The lowest BCUT2D eigenvalue weighted by molar-refractivity contribution is -0.146. The van der Waals surface area contributed by atoms with Gasteiger partial charge in [0, 0.05) is 87.4 Å². The number of benzene rings is 2. The van der Waals surface area contributed by atoms with Crippen LogP contribution in [0.25, 0.3) is 33.3 Å². The molecule has 6 heterocycles. The molecule has 1 spiro atoms. The third kappa shape index (κ3) is 9.91. The summed E-state index contributed by atoms with van der Waals surface area (Å²) in [7, 11) is 1.67. The molecule has 2 aromatic carbocycles. The minimum atomic E-state index is -0.997. The van der Waals surface area contributed by atoms with Crippen LogP contribution in [-0.2, 0) is 52.8 Å². The van der Waals surface area contributed by atoms with Gasteiger partial charge in [-0.05, 0) is 123 Å². The van der Waals surface area contributed by atoms with Gasteiger partial charge in [-0.15, -0.1) is 0 Å². The Balaban J connectivity index is 1.05. The number of hydrogen-bond donors (Lipinski definition) is 4. The van der Waals surface area contributed by atoms with Crippen molar-refractivity contribution in [1.29, 1.82) is 0 Å². The van der Waals surface area contributed by atoms with Crippen molar-refractivity contribution in [3.05, 3.63) is 71.5 Å². The number of rotatable bonds is 18. The van der Waals surface area contributed by atoms with Crippen LogP contribution in [0.15, 0.2) is 54.7 Å². The summed E-state index contributed by atoms with van der Waals surface area (Å²) in [6, 6.07) is 13.7. The van der Waals surface area contributed by atoms with Crippen LogP contribution in [0.4, 0.5) is 0 Å². The molecule has 0 unspecified atom stereocenters. The topological polar surface area (TPSA) is 198 Å². The number of aromatic hydroxyl groups is 1. The maximum absolute atomic E-state index is 15.0. The molecule has 4 saturated heterocycles. The molecule has 16 heteroatoms. The van der Waals surface area contributed by atoms with Crippen molar-refractivity contribution in [3.8, 4) is 28.1 Å². The predicted molar refractivity (Wildman–Crippen MR) is 265 cm³/mol. The van der Waals surface area contributed by atoms with Crippen LogP contribution in [0.2, 0.25) is 0 Å². The molecule has 5 aliphatic rings. The first kappa shape index (κ1) is 49.2. The monoisotopic (exact) mass is 959 g/mol. The average Bonchev–Trinajstić information content (AvgIpc) is 3.61. The van der Waals surface area contributed by atoms with E-state index in [1.165, 1.54) is 0 Å². The fourth-order valence-electron chi connectivity index (χ4n) is 11.9. The summed E-state index contributed by atoms with van der Waals surface area (Å²) in [6.07, 6.45) is 8.62. The van der Waals surface area contributed by atoms with Gasteiger partial charge in [-0.25, -0.2) is 5.43 Å². The van der Waals surface area contributed by atoms with Crippen molar-refractivity contribution in [2.45, 2.75) is 123 Å². The number of carbonyl (C=O) groups is 5. The first-order valence-electron chi connectivity index (χ1n) is 25.4. The number of likely N-dealkylation sites (tertiary alicyclic amines) is 2.